The topological polar surface area (TPSA) is 46.9 Å². The van der Waals surface area contributed by atoms with Crippen molar-refractivity contribution >= 4 is 21.8 Å². The van der Waals surface area contributed by atoms with Crippen molar-refractivity contribution in [3.63, 3.8) is 0 Å². The number of aryl methyl sites for hydroxylation is 1. The molecule has 106 valence electrons. The number of hydrogen-bond acceptors (Lipinski definition) is 2. The summed E-state index contributed by atoms with van der Waals surface area (Å²) in [7, 11) is 0. The monoisotopic (exact) mass is 339 g/mol. The minimum absolute atomic E-state index is 0.118. The summed E-state index contributed by atoms with van der Waals surface area (Å²) in [5.41, 5.74) is 2.20. The first-order valence-electron chi connectivity index (χ1n) is 6.18. The van der Waals surface area contributed by atoms with Crippen LogP contribution in [0, 0.1) is 19.7 Å². The van der Waals surface area contributed by atoms with Crippen molar-refractivity contribution in [1.82, 2.24) is 15.1 Å². The fourth-order valence-corrected chi connectivity index (χ4v) is 2.14. The summed E-state index contributed by atoms with van der Waals surface area (Å²) in [4.78, 5) is 11.9. The van der Waals surface area contributed by atoms with Crippen LogP contribution >= 0.6 is 15.9 Å². The third-order valence-corrected chi connectivity index (χ3v) is 4.17. The summed E-state index contributed by atoms with van der Waals surface area (Å²) >= 11 is 3.41. The van der Waals surface area contributed by atoms with E-state index in [9.17, 15) is 9.18 Å². The van der Waals surface area contributed by atoms with E-state index >= 15 is 0 Å². The lowest BCUT2D eigenvalue weighted by Crippen LogP contribution is -2.28. The molecule has 0 atom stereocenters. The third-order valence-electron chi connectivity index (χ3n) is 3.02. The summed E-state index contributed by atoms with van der Waals surface area (Å²) in [5.74, 6) is -0.520. The van der Waals surface area contributed by atoms with Gasteiger partial charge in [0.1, 0.15) is 12.4 Å². The number of aromatic nitrogens is 2. The van der Waals surface area contributed by atoms with Gasteiger partial charge >= 0.3 is 0 Å². The second-order valence-electron chi connectivity index (χ2n) is 4.51. The molecule has 1 N–H and O–H groups in total. The second kappa shape index (κ2) is 6.17. The molecule has 2 rings (SSSR count). The van der Waals surface area contributed by atoms with Gasteiger partial charge in [0.15, 0.2) is 0 Å². The zero-order valence-corrected chi connectivity index (χ0v) is 12.9. The number of amides is 1. The average Bonchev–Trinajstić information content (AvgIpc) is 2.65. The Balaban J connectivity index is 1.96. The molecule has 1 amide bonds. The molecule has 0 bridgehead atoms. The molecule has 0 radical (unpaired) electrons. The molecule has 0 fully saturated rings. The minimum Gasteiger partial charge on any atom is -0.350 e. The summed E-state index contributed by atoms with van der Waals surface area (Å²) < 4.78 is 15.9. The number of carbonyl (C=O) groups is 1. The van der Waals surface area contributed by atoms with Crippen LogP contribution in [0.1, 0.15) is 17.0 Å². The SMILES string of the molecule is Cc1nn(CC(=O)NCc2ccccc2F)c(C)c1Br. The molecule has 1 aromatic carbocycles. The van der Waals surface area contributed by atoms with Gasteiger partial charge in [0.2, 0.25) is 5.91 Å². The van der Waals surface area contributed by atoms with Gasteiger partial charge in [0, 0.05) is 12.1 Å². The van der Waals surface area contributed by atoms with Crippen molar-refractivity contribution in [2.75, 3.05) is 0 Å². The quantitative estimate of drug-likeness (QED) is 0.930. The van der Waals surface area contributed by atoms with Crippen molar-refractivity contribution in [2.24, 2.45) is 0 Å². The van der Waals surface area contributed by atoms with Gasteiger partial charge in [-0.15, -0.1) is 0 Å². The van der Waals surface area contributed by atoms with E-state index in [1.165, 1.54) is 6.07 Å². The molecule has 0 saturated carbocycles. The molecule has 2 aromatic rings. The highest BCUT2D eigenvalue weighted by Crippen LogP contribution is 2.19. The first-order chi connectivity index (χ1) is 9.49. The molecule has 0 spiro atoms. The highest BCUT2D eigenvalue weighted by Gasteiger charge is 2.12. The van der Waals surface area contributed by atoms with Crippen molar-refractivity contribution in [1.29, 1.82) is 0 Å². The Hall–Kier alpha value is -1.69. The number of rotatable bonds is 4. The maximum Gasteiger partial charge on any atom is 0.242 e. The summed E-state index contributed by atoms with van der Waals surface area (Å²) in [6, 6.07) is 6.38. The Bertz CT molecular complexity index is 639. The van der Waals surface area contributed by atoms with Crippen LogP contribution < -0.4 is 5.32 Å². The van der Waals surface area contributed by atoms with Crippen LogP contribution in [0.2, 0.25) is 0 Å². The van der Waals surface area contributed by atoms with E-state index in [4.69, 9.17) is 0 Å². The summed E-state index contributed by atoms with van der Waals surface area (Å²) in [6.45, 7) is 4.04. The highest BCUT2D eigenvalue weighted by molar-refractivity contribution is 9.10. The standard InChI is InChI=1S/C14H15BrFN3O/c1-9-14(15)10(2)19(18-9)8-13(20)17-7-11-5-3-4-6-12(11)16/h3-6H,7-8H2,1-2H3,(H,17,20). The second-order valence-corrected chi connectivity index (χ2v) is 5.30. The fourth-order valence-electron chi connectivity index (χ4n) is 1.86. The summed E-state index contributed by atoms with van der Waals surface area (Å²) in [5, 5.41) is 6.95. The average molecular weight is 340 g/mol. The molecule has 0 aliphatic carbocycles. The highest BCUT2D eigenvalue weighted by atomic mass is 79.9. The largest absolute Gasteiger partial charge is 0.350 e. The van der Waals surface area contributed by atoms with Gasteiger partial charge < -0.3 is 5.32 Å². The molecular weight excluding hydrogens is 325 g/mol. The van der Waals surface area contributed by atoms with Crippen molar-refractivity contribution in [3.8, 4) is 0 Å². The fraction of sp³-hybridized carbons (Fsp3) is 0.286. The molecule has 0 aliphatic heterocycles. The zero-order chi connectivity index (χ0) is 14.7. The molecule has 6 heteroatoms. The number of nitrogens with zero attached hydrogens (tertiary/aromatic N) is 2. The lowest BCUT2D eigenvalue weighted by atomic mass is 10.2. The molecule has 0 unspecified atom stereocenters. The van der Waals surface area contributed by atoms with Crippen LogP contribution in [0.3, 0.4) is 0 Å². The molecule has 0 saturated heterocycles. The lowest BCUT2D eigenvalue weighted by molar-refractivity contribution is -0.122. The number of benzene rings is 1. The van der Waals surface area contributed by atoms with Crippen LogP contribution in [0.4, 0.5) is 4.39 Å². The van der Waals surface area contributed by atoms with Gasteiger partial charge in [0.25, 0.3) is 0 Å². The zero-order valence-electron chi connectivity index (χ0n) is 11.3. The predicted octanol–water partition coefficient (Wildman–Crippen LogP) is 2.72. The van der Waals surface area contributed by atoms with Crippen LogP contribution in [0.5, 0.6) is 0 Å². The number of carbonyl (C=O) groups excluding carboxylic acids is 1. The van der Waals surface area contributed by atoms with Gasteiger partial charge in [-0.2, -0.15) is 5.10 Å². The van der Waals surface area contributed by atoms with E-state index in [-0.39, 0.29) is 24.8 Å². The first kappa shape index (κ1) is 14.7. The van der Waals surface area contributed by atoms with Crippen LogP contribution in [-0.4, -0.2) is 15.7 Å². The maximum atomic E-state index is 13.4. The molecule has 0 aliphatic rings. The van der Waals surface area contributed by atoms with Crippen LogP contribution in [-0.2, 0) is 17.9 Å². The van der Waals surface area contributed by atoms with Crippen molar-refractivity contribution in [3.05, 3.63) is 51.5 Å². The van der Waals surface area contributed by atoms with Gasteiger partial charge in [-0.05, 0) is 35.8 Å². The van der Waals surface area contributed by atoms with Gasteiger partial charge in [-0.3, -0.25) is 9.48 Å². The Morgan fingerprint density at radius 1 is 1.40 bits per heavy atom. The Labute approximate surface area is 125 Å². The van der Waals surface area contributed by atoms with Gasteiger partial charge in [0.05, 0.1) is 15.9 Å². The van der Waals surface area contributed by atoms with Crippen molar-refractivity contribution < 1.29 is 9.18 Å². The smallest absolute Gasteiger partial charge is 0.242 e. The van der Waals surface area contributed by atoms with E-state index in [1.54, 1.807) is 22.9 Å². The molecule has 1 aromatic heterocycles. The third kappa shape index (κ3) is 3.25. The van der Waals surface area contributed by atoms with Crippen LogP contribution in [0.15, 0.2) is 28.7 Å². The molecule has 4 nitrogen and oxygen atoms in total. The summed E-state index contributed by atoms with van der Waals surface area (Å²) in [6.07, 6.45) is 0. The lowest BCUT2D eigenvalue weighted by Gasteiger charge is -2.07. The van der Waals surface area contributed by atoms with E-state index in [0.29, 0.717) is 5.56 Å². The Kier molecular flexibility index (Phi) is 4.54. The van der Waals surface area contributed by atoms with Crippen molar-refractivity contribution in [2.45, 2.75) is 26.9 Å². The Morgan fingerprint density at radius 2 is 2.10 bits per heavy atom. The molecule has 1 heterocycles. The van der Waals surface area contributed by atoms with Gasteiger partial charge in [-0.1, -0.05) is 18.2 Å². The molecular formula is C14H15BrFN3O. The first-order valence-corrected chi connectivity index (χ1v) is 6.98. The Morgan fingerprint density at radius 3 is 2.70 bits per heavy atom. The predicted molar refractivity (Wildman–Crippen MR) is 77.6 cm³/mol. The minimum atomic E-state index is -0.318. The number of hydrogen-bond donors (Lipinski definition) is 1. The van der Waals surface area contributed by atoms with E-state index in [2.05, 4.69) is 26.3 Å². The maximum absolute atomic E-state index is 13.4. The van der Waals surface area contributed by atoms with E-state index < -0.39 is 0 Å². The molecule has 20 heavy (non-hydrogen) atoms. The van der Waals surface area contributed by atoms with Crippen LogP contribution in [0.25, 0.3) is 0 Å². The van der Waals surface area contributed by atoms with E-state index in [0.717, 1.165) is 15.9 Å². The number of halogens is 2. The number of nitrogens with one attached hydrogen (secondary N) is 1. The van der Waals surface area contributed by atoms with E-state index in [1.807, 2.05) is 13.8 Å². The van der Waals surface area contributed by atoms with Gasteiger partial charge in [-0.25, -0.2) is 4.39 Å². The normalized spacial score (nSPS) is 10.6.